The molecule has 1 aromatic rings. The van der Waals surface area contributed by atoms with Gasteiger partial charge in [-0.25, -0.2) is 17.9 Å². The van der Waals surface area contributed by atoms with E-state index in [0.29, 0.717) is 12.2 Å². The largest absolute Gasteiger partial charge is 0.337 e. The van der Waals surface area contributed by atoms with E-state index in [4.69, 9.17) is 0 Å². The van der Waals surface area contributed by atoms with Gasteiger partial charge in [0, 0.05) is 19.2 Å². The molecule has 7 nitrogen and oxygen atoms in total. The maximum absolute atomic E-state index is 12.0. The Hall–Kier alpha value is -2.09. The molecule has 3 N–H and O–H groups in total. The van der Waals surface area contributed by atoms with Crippen molar-refractivity contribution in [1.29, 1.82) is 0 Å². The fraction of sp³-hybridized carbons (Fsp3) is 0.385. The van der Waals surface area contributed by atoms with Crippen LogP contribution in [0.15, 0.2) is 29.2 Å². The molecule has 0 bridgehead atoms. The molecule has 3 amide bonds. The second-order valence-electron chi connectivity index (χ2n) is 4.42. The molecule has 0 aliphatic heterocycles. The lowest BCUT2D eigenvalue weighted by atomic mass is 10.3. The van der Waals surface area contributed by atoms with Crippen LogP contribution in [0.2, 0.25) is 0 Å². The number of nitrogens with one attached hydrogen (secondary N) is 3. The summed E-state index contributed by atoms with van der Waals surface area (Å²) in [4.78, 5) is 22.4. The van der Waals surface area contributed by atoms with Gasteiger partial charge in [-0.05, 0) is 24.6 Å². The van der Waals surface area contributed by atoms with E-state index >= 15 is 0 Å². The van der Waals surface area contributed by atoms with Crippen LogP contribution in [0.3, 0.4) is 0 Å². The van der Waals surface area contributed by atoms with E-state index in [9.17, 15) is 18.0 Å². The maximum atomic E-state index is 12.0. The first-order valence-electron chi connectivity index (χ1n) is 6.53. The van der Waals surface area contributed by atoms with Crippen LogP contribution in [-0.2, 0) is 14.8 Å². The number of benzene rings is 1. The molecule has 0 fully saturated rings. The number of amides is 3. The number of hydrogen-bond acceptors (Lipinski definition) is 4. The fourth-order valence-electron chi connectivity index (χ4n) is 1.54. The monoisotopic (exact) mass is 313 g/mol. The zero-order valence-corrected chi connectivity index (χ0v) is 12.8. The number of anilines is 1. The summed E-state index contributed by atoms with van der Waals surface area (Å²) >= 11 is 0. The fourth-order valence-corrected chi connectivity index (χ4v) is 2.51. The van der Waals surface area contributed by atoms with Crippen molar-refractivity contribution in [2.24, 2.45) is 0 Å². The van der Waals surface area contributed by atoms with Crippen LogP contribution in [0.5, 0.6) is 0 Å². The van der Waals surface area contributed by atoms with Crippen LogP contribution in [-0.4, -0.2) is 26.9 Å². The summed E-state index contributed by atoms with van der Waals surface area (Å²) in [6.45, 7) is 3.69. The smallest absolute Gasteiger partial charge is 0.328 e. The highest BCUT2D eigenvalue weighted by atomic mass is 32.2. The summed E-state index contributed by atoms with van der Waals surface area (Å²) in [6.07, 6.45) is 1.66. The van der Waals surface area contributed by atoms with Crippen molar-refractivity contribution in [2.45, 2.75) is 31.6 Å². The number of unbranched alkanes of at least 4 members (excludes halogenated alkanes) is 1. The van der Waals surface area contributed by atoms with Crippen molar-refractivity contribution in [3.8, 4) is 0 Å². The Morgan fingerprint density at radius 1 is 1.24 bits per heavy atom. The van der Waals surface area contributed by atoms with Gasteiger partial charge in [-0.15, -0.1) is 0 Å². The number of hydrogen-bond donors (Lipinski definition) is 3. The molecule has 0 saturated heterocycles. The molecule has 0 aromatic heterocycles. The Labute approximate surface area is 124 Å². The highest BCUT2D eigenvalue weighted by Gasteiger charge is 2.17. The number of carbonyl (C=O) groups is 2. The van der Waals surface area contributed by atoms with Crippen LogP contribution < -0.4 is 15.4 Å². The molecule has 0 saturated carbocycles. The molecule has 21 heavy (non-hydrogen) atoms. The summed E-state index contributed by atoms with van der Waals surface area (Å²) in [5.41, 5.74) is 0.344. The summed E-state index contributed by atoms with van der Waals surface area (Å²) in [6, 6.07) is 4.89. The lowest BCUT2D eigenvalue weighted by Crippen LogP contribution is -2.39. The van der Waals surface area contributed by atoms with Gasteiger partial charge in [-0.3, -0.25) is 4.79 Å². The zero-order valence-electron chi connectivity index (χ0n) is 12.0. The summed E-state index contributed by atoms with van der Waals surface area (Å²) < 4.78 is 26.0. The Balaban J connectivity index is 2.78. The number of rotatable bonds is 6. The SMILES string of the molecule is CCCCNC(=O)NS(=O)(=O)c1cccc(NC(C)=O)c1. The molecule has 0 atom stereocenters. The van der Waals surface area contributed by atoms with Gasteiger partial charge >= 0.3 is 6.03 Å². The Morgan fingerprint density at radius 2 is 1.95 bits per heavy atom. The molecule has 116 valence electrons. The van der Waals surface area contributed by atoms with E-state index in [0.717, 1.165) is 12.8 Å². The van der Waals surface area contributed by atoms with Crippen LogP contribution in [0.4, 0.5) is 10.5 Å². The lowest BCUT2D eigenvalue weighted by Gasteiger charge is -2.09. The Kier molecular flexibility index (Phi) is 6.16. The standard InChI is InChI=1S/C13H19N3O4S/c1-3-4-8-14-13(18)16-21(19,20)12-7-5-6-11(9-12)15-10(2)17/h5-7,9H,3-4,8H2,1-2H3,(H,15,17)(H2,14,16,18). The highest BCUT2D eigenvalue weighted by Crippen LogP contribution is 2.15. The van der Waals surface area contributed by atoms with Gasteiger partial charge in [0.05, 0.1) is 4.90 Å². The van der Waals surface area contributed by atoms with Gasteiger partial charge in [0.2, 0.25) is 5.91 Å². The van der Waals surface area contributed by atoms with Crippen LogP contribution in [0, 0.1) is 0 Å². The van der Waals surface area contributed by atoms with Crippen LogP contribution in [0.1, 0.15) is 26.7 Å². The molecule has 0 aliphatic carbocycles. The average molecular weight is 313 g/mol. The Bertz CT molecular complexity index is 614. The average Bonchev–Trinajstić information content (AvgIpc) is 2.38. The lowest BCUT2D eigenvalue weighted by molar-refractivity contribution is -0.114. The van der Waals surface area contributed by atoms with Crippen molar-refractivity contribution in [3.05, 3.63) is 24.3 Å². The van der Waals surface area contributed by atoms with Crippen LogP contribution in [0.25, 0.3) is 0 Å². The predicted octanol–water partition coefficient (Wildman–Crippen LogP) is 1.43. The first-order chi connectivity index (χ1) is 9.85. The molecular weight excluding hydrogens is 294 g/mol. The summed E-state index contributed by atoms with van der Waals surface area (Å²) in [5.74, 6) is -0.310. The molecule has 0 heterocycles. The highest BCUT2D eigenvalue weighted by molar-refractivity contribution is 7.90. The molecular formula is C13H19N3O4S. The third-order valence-electron chi connectivity index (χ3n) is 2.51. The summed E-state index contributed by atoms with van der Waals surface area (Å²) in [5, 5.41) is 4.94. The van der Waals surface area contributed by atoms with Crippen molar-refractivity contribution < 1.29 is 18.0 Å². The quantitative estimate of drug-likeness (QED) is 0.691. The van der Waals surface area contributed by atoms with Crippen molar-refractivity contribution in [3.63, 3.8) is 0 Å². The molecule has 0 spiro atoms. The van der Waals surface area contributed by atoms with E-state index in [2.05, 4.69) is 10.6 Å². The second kappa shape index (κ2) is 7.63. The Morgan fingerprint density at radius 3 is 2.57 bits per heavy atom. The van der Waals surface area contributed by atoms with Gasteiger partial charge < -0.3 is 10.6 Å². The van der Waals surface area contributed by atoms with Gasteiger partial charge in [0.1, 0.15) is 0 Å². The molecule has 8 heteroatoms. The van der Waals surface area contributed by atoms with Crippen LogP contribution >= 0.6 is 0 Å². The number of carbonyl (C=O) groups excluding carboxylic acids is 2. The van der Waals surface area contributed by atoms with Gasteiger partial charge in [0.25, 0.3) is 10.0 Å². The van der Waals surface area contributed by atoms with E-state index in [1.807, 2.05) is 11.6 Å². The van der Waals surface area contributed by atoms with E-state index < -0.39 is 16.1 Å². The van der Waals surface area contributed by atoms with Crippen molar-refractivity contribution >= 4 is 27.6 Å². The van der Waals surface area contributed by atoms with E-state index in [1.165, 1.54) is 25.1 Å². The normalized spacial score (nSPS) is 10.8. The first-order valence-corrected chi connectivity index (χ1v) is 8.02. The van der Waals surface area contributed by atoms with Gasteiger partial charge in [-0.2, -0.15) is 0 Å². The van der Waals surface area contributed by atoms with Gasteiger partial charge in [-0.1, -0.05) is 19.4 Å². The third kappa shape index (κ3) is 5.82. The van der Waals surface area contributed by atoms with Crippen molar-refractivity contribution in [2.75, 3.05) is 11.9 Å². The third-order valence-corrected chi connectivity index (χ3v) is 3.84. The minimum absolute atomic E-state index is 0.0978. The molecule has 1 rings (SSSR count). The van der Waals surface area contributed by atoms with E-state index in [1.54, 1.807) is 6.07 Å². The molecule has 0 aliphatic rings. The van der Waals surface area contributed by atoms with E-state index in [-0.39, 0.29) is 10.8 Å². The second-order valence-corrected chi connectivity index (χ2v) is 6.11. The minimum atomic E-state index is -3.97. The molecule has 1 aromatic carbocycles. The topological polar surface area (TPSA) is 104 Å². The minimum Gasteiger partial charge on any atom is -0.337 e. The molecule has 0 radical (unpaired) electrons. The van der Waals surface area contributed by atoms with Crippen molar-refractivity contribution in [1.82, 2.24) is 10.0 Å². The summed E-state index contributed by atoms with van der Waals surface area (Å²) in [7, 11) is -3.97. The maximum Gasteiger partial charge on any atom is 0.328 e. The zero-order chi connectivity index (χ0) is 15.9. The molecule has 0 unspecified atom stereocenters. The first kappa shape index (κ1) is 17.0. The van der Waals surface area contributed by atoms with Gasteiger partial charge in [0.15, 0.2) is 0 Å². The number of sulfonamides is 1. The number of urea groups is 1. The predicted molar refractivity (Wildman–Crippen MR) is 79.4 cm³/mol.